The Morgan fingerprint density at radius 2 is 1.83 bits per heavy atom. The normalized spacial score (nSPS) is 20.3. The van der Waals surface area contributed by atoms with Gasteiger partial charge < -0.3 is 19.3 Å². The van der Waals surface area contributed by atoms with Gasteiger partial charge in [-0.1, -0.05) is 32.4 Å². The third kappa shape index (κ3) is 5.34. The summed E-state index contributed by atoms with van der Waals surface area (Å²) in [4.78, 5) is 29.7. The second kappa shape index (κ2) is 10.3. The molecular weight excluding hydrogens is 380 g/mol. The van der Waals surface area contributed by atoms with Crippen LogP contribution in [-0.2, 0) is 9.53 Å². The number of hydrogen-bond donors (Lipinski definition) is 0. The second-order valence-corrected chi connectivity index (χ2v) is 9.01. The smallest absolute Gasteiger partial charge is 0.257 e. The summed E-state index contributed by atoms with van der Waals surface area (Å²) in [5.74, 6) is 0.750. The molecule has 0 aromatic heterocycles. The van der Waals surface area contributed by atoms with Gasteiger partial charge in [-0.2, -0.15) is 0 Å². The summed E-state index contributed by atoms with van der Waals surface area (Å²) in [5, 5.41) is 0. The molecule has 3 aliphatic heterocycles. The maximum atomic E-state index is 13.2. The first-order valence-corrected chi connectivity index (χ1v) is 11.2. The molecule has 4 rings (SSSR count). The van der Waals surface area contributed by atoms with Crippen LogP contribution in [-0.4, -0.2) is 68.1 Å². The maximum Gasteiger partial charge on any atom is 0.257 e. The Bertz CT molecular complexity index is 726. The number of benzene rings is 1. The molecule has 1 aromatic carbocycles. The molecule has 3 heterocycles. The predicted molar refractivity (Wildman–Crippen MR) is 117 cm³/mol. The number of piperidine rings is 1. The lowest BCUT2D eigenvalue weighted by molar-refractivity contribution is -0.135. The quantitative estimate of drug-likeness (QED) is 0.755. The third-order valence-electron chi connectivity index (χ3n) is 6.49. The highest BCUT2D eigenvalue weighted by molar-refractivity contribution is 5.97. The molecule has 166 valence electrons. The summed E-state index contributed by atoms with van der Waals surface area (Å²) in [6.07, 6.45) is 5.00. The fourth-order valence-corrected chi connectivity index (χ4v) is 4.66. The van der Waals surface area contributed by atoms with E-state index in [1.54, 1.807) is 7.11 Å². The monoisotopic (exact) mass is 416 g/mol. The summed E-state index contributed by atoms with van der Waals surface area (Å²) < 4.78 is 11.6. The number of fused-ring (bicyclic) bond motifs is 9. The van der Waals surface area contributed by atoms with Crippen molar-refractivity contribution in [3.8, 4) is 5.75 Å². The topological polar surface area (TPSA) is 59.1 Å². The van der Waals surface area contributed by atoms with Crippen LogP contribution < -0.4 is 4.74 Å². The van der Waals surface area contributed by atoms with E-state index in [2.05, 4.69) is 0 Å². The predicted octanol–water partition coefficient (Wildman–Crippen LogP) is 3.60. The number of para-hydroxylation sites is 1. The van der Waals surface area contributed by atoms with Crippen molar-refractivity contribution >= 4 is 11.8 Å². The zero-order valence-electron chi connectivity index (χ0n) is 18.7. The van der Waals surface area contributed by atoms with Crippen LogP contribution in [0, 0.1) is 11.3 Å². The van der Waals surface area contributed by atoms with Crippen molar-refractivity contribution in [2.24, 2.45) is 11.3 Å². The van der Waals surface area contributed by atoms with Gasteiger partial charge in [-0.15, -0.1) is 0 Å². The average Bonchev–Trinajstić information content (AvgIpc) is 2.75. The highest BCUT2D eigenvalue weighted by Crippen LogP contribution is 2.38. The van der Waals surface area contributed by atoms with E-state index in [9.17, 15) is 9.59 Å². The zero-order valence-corrected chi connectivity index (χ0v) is 18.7. The van der Waals surface area contributed by atoms with Gasteiger partial charge in [0.2, 0.25) is 5.91 Å². The van der Waals surface area contributed by atoms with Crippen molar-refractivity contribution in [1.82, 2.24) is 9.80 Å². The lowest BCUT2D eigenvalue weighted by Gasteiger charge is -2.41. The summed E-state index contributed by atoms with van der Waals surface area (Å²) >= 11 is 0. The Hall–Kier alpha value is -2.08. The van der Waals surface area contributed by atoms with Gasteiger partial charge in [0.15, 0.2) is 0 Å². The molecule has 1 aromatic rings. The summed E-state index contributed by atoms with van der Waals surface area (Å²) in [6.45, 7) is 7.76. The second-order valence-electron chi connectivity index (χ2n) is 9.01. The number of ether oxygens (including phenoxy) is 2. The number of amides is 2. The van der Waals surface area contributed by atoms with Gasteiger partial charge in [-0.3, -0.25) is 9.59 Å². The van der Waals surface area contributed by atoms with Crippen molar-refractivity contribution in [3.05, 3.63) is 29.8 Å². The number of carbonyl (C=O) groups excluding carboxylic acids is 2. The number of methoxy groups -OCH3 is 1. The van der Waals surface area contributed by atoms with Crippen LogP contribution >= 0.6 is 0 Å². The Kier molecular flexibility index (Phi) is 7.75. The average molecular weight is 417 g/mol. The zero-order chi connectivity index (χ0) is 21.6. The summed E-state index contributed by atoms with van der Waals surface area (Å²) in [7, 11) is 1.76. The highest BCUT2D eigenvalue weighted by atomic mass is 16.5. The molecule has 2 bridgehead atoms. The van der Waals surface area contributed by atoms with Gasteiger partial charge in [0, 0.05) is 32.7 Å². The summed E-state index contributed by atoms with van der Waals surface area (Å²) in [6, 6.07) is 7.45. The molecule has 0 aliphatic carbocycles. The Balaban J connectivity index is 1.84. The van der Waals surface area contributed by atoms with E-state index in [-0.39, 0.29) is 23.1 Å². The Morgan fingerprint density at radius 1 is 1.10 bits per heavy atom. The van der Waals surface area contributed by atoms with Crippen LogP contribution in [0.1, 0.15) is 56.3 Å². The molecule has 0 radical (unpaired) electrons. The molecule has 3 aliphatic rings. The van der Waals surface area contributed by atoms with Gasteiger partial charge >= 0.3 is 0 Å². The first kappa shape index (κ1) is 22.6. The van der Waals surface area contributed by atoms with E-state index in [0.29, 0.717) is 24.5 Å². The highest BCUT2D eigenvalue weighted by Gasteiger charge is 2.36. The molecular formula is C24H36N2O4. The van der Waals surface area contributed by atoms with Crippen LogP contribution in [0.15, 0.2) is 24.3 Å². The SMILES string of the molecule is COCC12CCCCN(C(=O)C(C)C)CCOc3ccccc3C(=O)N(CC1)CC2. The molecule has 6 heteroatoms. The van der Waals surface area contributed by atoms with E-state index >= 15 is 0 Å². The summed E-state index contributed by atoms with van der Waals surface area (Å²) in [5.41, 5.74) is 0.725. The van der Waals surface area contributed by atoms with Crippen molar-refractivity contribution in [2.45, 2.75) is 46.0 Å². The number of nitrogens with zero attached hydrogens (tertiary/aromatic N) is 2. The molecule has 0 N–H and O–H groups in total. The van der Waals surface area contributed by atoms with Crippen molar-refractivity contribution in [3.63, 3.8) is 0 Å². The first-order valence-electron chi connectivity index (χ1n) is 11.2. The molecule has 6 nitrogen and oxygen atoms in total. The lowest BCUT2D eigenvalue weighted by atomic mass is 9.75. The standard InChI is InChI=1S/C24H36N2O4/c1-19(2)22(27)25-13-7-6-10-24(18-29-3)11-14-26(15-12-24)23(28)20-8-4-5-9-21(20)30-17-16-25/h4-5,8-9,19H,6-7,10-18H2,1-3H3. The number of hydrogen-bond acceptors (Lipinski definition) is 4. The van der Waals surface area contributed by atoms with Crippen molar-refractivity contribution in [2.75, 3.05) is 46.5 Å². The number of carbonyl (C=O) groups is 2. The van der Waals surface area contributed by atoms with Crippen LogP contribution in [0.2, 0.25) is 0 Å². The van der Waals surface area contributed by atoms with Crippen molar-refractivity contribution < 1.29 is 19.1 Å². The molecule has 1 saturated heterocycles. The lowest BCUT2D eigenvalue weighted by Crippen LogP contribution is -2.45. The Morgan fingerprint density at radius 3 is 2.53 bits per heavy atom. The van der Waals surface area contributed by atoms with Gasteiger partial charge in [0.25, 0.3) is 5.91 Å². The van der Waals surface area contributed by atoms with Crippen LogP contribution in [0.5, 0.6) is 5.75 Å². The molecule has 0 atom stereocenters. The van der Waals surface area contributed by atoms with Crippen molar-refractivity contribution in [1.29, 1.82) is 0 Å². The third-order valence-corrected chi connectivity index (χ3v) is 6.49. The molecule has 0 unspecified atom stereocenters. The minimum atomic E-state index is -0.0378. The molecule has 2 amide bonds. The van der Waals surface area contributed by atoms with E-state index in [1.807, 2.05) is 47.9 Å². The van der Waals surface area contributed by atoms with E-state index in [0.717, 1.165) is 58.3 Å². The fraction of sp³-hybridized carbons (Fsp3) is 0.667. The van der Waals surface area contributed by atoms with Gasteiger partial charge in [0.1, 0.15) is 12.4 Å². The Labute approximate surface area is 180 Å². The molecule has 0 saturated carbocycles. The van der Waals surface area contributed by atoms with Crippen LogP contribution in [0.25, 0.3) is 0 Å². The fourth-order valence-electron chi connectivity index (χ4n) is 4.66. The minimum absolute atomic E-state index is 0.0293. The minimum Gasteiger partial charge on any atom is -0.491 e. The first-order chi connectivity index (χ1) is 14.5. The molecule has 30 heavy (non-hydrogen) atoms. The van der Waals surface area contributed by atoms with E-state index in [1.165, 1.54) is 0 Å². The molecule has 1 fully saturated rings. The van der Waals surface area contributed by atoms with E-state index in [4.69, 9.17) is 9.47 Å². The molecule has 0 spiro atoms. The van der Waals surface area contributed by atoms with Gasteiger partial charge in [-0.05, 0) is 43.2 Å². The number of rotatable bonds is 3. The van der Waals surface area contributed by atoms with Gasteiger partial charge in [0.05, 0.1) is 18.7 Å². The van der Waals surface area contributed by atoms with Gasteiger partial charge in [-0.25, -0.2) is 0 Å². The van der Waals surface area contributed by atoms with Crippen LogP contribution in [0.3, 0.4) is 0 Å². The maximum absolute atomic E-state index is 13.2. The van der Waals surface area contributed by atoms with E-state index < -0.39 is 0 Å². The van der Waals surface area contributed by atoms with Crippen LogP contribution in [0.4, 0.5) is 0 Å². The largest absolute Gasteiger partial charge is 0.491 e.